The fourth-order valence-electron chi connectivity index (χ4n) is 2.30. The van der Waals surface area contributed by atoms with E-state index in [4.69, 9.17) is 0 Å². The molecule has 0 heterocycles. The van der Waals surface area contributed by atoms with Gasteiger partial charge in [0.05, 0.1) is 0 Å². The lowest BCUT2D eigenvalue weighted by Crippen LogP contribution is -1.85. The van der Waals surface area contributed by atoms with Crippen molar-refractivity contribution in [1.29, 1.82) is 0 Å². The van der Waals surface area contributed by atoms with E-state index < -0.39 is 0 Å². The van der Waals surface area contributed by atoms with Crippen LogP contribution in [0.1, 0.15) is 71.1 Å². The van der Waals surface area contributed by atoms with E-state index in [1.54, 1.807) is 0 Å². The Morgan fingerprint density at radius 2 is 1.71 bits per heavy atom. The molecule has 0 amide bonds. The van der Waals surface area contributed by atoms with Crippen molar-refractivity contribution in [3.05, 3.63) is 12.2 Å². The average Bonchev–Trinajstić information content (AvgIpc) is 2.69. The second-order valence-electron chi connectivity index (χ2n) is 4.68. The third-order valence-corrected chi connectivity index (χ3v) is 3.28. The first-order chi connectivity index (χ1) is 6.93. The summed E-state index contributed by atoms with van der Waals surface area (Å²) in [7, 11) is 0. The summed E-state index contributed by atoms with van der Waals surface area (Å²) in [5.41, 5.74) is 0. The van der Waals surface area contributed by atoms with E-state index in [1.807, 2.05) is 0 Å². The lowest BCUT2D eigenvalue weighted by atomic mass is 10.1. The summed E-state index contributed by atoms with van der Waals surface area (Å²) in [6.45, 7) is 2.28. The lowest BCUT2D eigenvalue weighted by molar-refractivity contribution is 0.633. The van der Waals surface area contributed by atoms with E-state index in [2.05, 4.69) is 19.1 Å². The molecular weight excluding hydrogens is 168 g/mol. The van der Waals surface area contributed by atoms with Crippen LogP contribution in [0.25, 0.3) is 0 Å². The number of hydrogen-bond acceptors (Lipinski definition) is 0. The van der Waals surface area contributed by atoms with Crippen LogP contribution in [0.5, 0.6) is 0 Å². The molecular formula is C14H26. The summed E-state index contributed by atoms with van der Waals surface area (Å²) in [6, 6.07) is 0. The van der Waals surface area contributed by atoms with E-state index in [1.165, 1.54) is 64.2 Å². The van der Waals surface area contributed by atoms with Crippen LogP contribution < -0.4 is 0 Å². The second-order valence-corrected chi connectivity index (χ2v) is 4.68. The van der Waals surface area contributed by atoms with Crippen molar-refractivity contribution in [1.82, 2.24) is 0 Å². The maximum absolute atomic E-state index is 2.48. The third-order valence-electron chi connectivity index (χ3n) is 3.28. The summed E-state index contributed by atoms with van der Waals surface area (Å²) >= 11 is 0. The zero-order chi connectivity index (χ0) is 10.1. The molecule has 0 atom stereocenters. The summed E-state index contributed by atoms with van der Waals surface area (Å²) in [5.74, 6) is 0.936. The van der Waals surface area contributed by atoms with Crippen LogP contribution in [0, 0.1) is 5.92 Å². The summed E-state index contributed by atoms with van der Waals surface area (Å²) in [5, 5.41) is 0. The van der Waals surface area contributed by atoms with Gasteiger partial charge in [-0.3, -0.25) is 0 Å². The van der Waals surface area contributed by atoms with Gasteiger partial charge in [-0.1, -0.05) is 57.6 Å². The molecule has 0 aromatic heterocycles. The largest absolute Gasteiger partial charge is 0.0883 e. The third kappa shape index (κ3) is 5.47. The molecule has 0 unspecified atom stereocenters. The minimum absolute atomic E-state index is 0.936. The summed E-state index contributed by atoms with van der Waals surface area (Å²) < 4.78 is 0. The van der Waals surface area contributed by atoms with E-state index in [-0.39, 0.29) is 0 Å². The van der Waals surface area contributed by atoms with Gasteiger partial charge < -0.3 is 0 Å². The van der Waals surface area contributed by atoms with Crippen molar-refractivity contribution < 1.29 is 0 Å². The highest BCUT2D eigenvalue weighted by atomic mass is 14.2. The van der Waals surface area contributed by atoms with Gasteiger partial charge in [0.1, 0.15) is 0 Å². The molecule has 1 fully saturated rings. The monoisotopic (exact) mass is 194 g/mol. The normalized spacial score (nSPS) is 18.4. The van der Waals surface area contributed by atoms with Crippen molar-refractivity contribution in [2.75, 3.05) is 0 Å². The van der Waals surface area contributed by atoms with Gasteiger partial charge in [0, 0.05) is 0 Å². The highest BCUT2D eigenvalue weighted by Crippen LogP contribution is 2.25. The van der Waals surface area contributed by atoms with Gasteiger partial charge in [-0.2, -0.15) is 0 Å². The Hall–Kier alpha value is -0.260. The van der Waals surface area contributed by atoms with Crippen molar-refractivity contribution in [2.24, 2.45) is 5.92 Å². The van der Waals surface area contributed by atoms with E-state index >= 15 is 0 Å². The van der Waals surface area contributed by atoms with Gasteiger partial charge in [0.15, 0.2) is 0 Å². The fourth-order valence-corrected chi connectivity index (χ4v) is 2.30. The molecule has 0 spiro atoms. The Labute approximate surface area is 89.8 Å². The van der Waals surface area contributed by atoms with Crippen LogP contribution in [0.3, 0.4) is 0 Å². The summed E-state index contributed by atoms with van der Waals surface area (Å²) in [4.78, 5) is 0. The maximum atomic E-state index is 2.48. The maximum Gasteiger partial charge on any atom is -0.0234 e. The topological polar surface area (TPSA) is 0 Å². The minimum Gasteiger partial charge on any atom is -0.0883 e. The fraction of sp³-hybridized carbons (Fsp3) is 0.857. The van der Waals surface area contributed by atoms with Crippen molar-refractivity contribution in [2.45, 2.75) is 71.1 Å². The number of hydrogen-bond donors (Lipinski definition) is 0. The van der Waals surface area contributed by atoms with Crippen LogP contribution >= 0.6 is 0 Å². The molecule has 14 heavy (non-hydrogen) atoms. The van der Waals surface area contributed by atoms with Crippen molar-refractivity contribution >= 4 is 0 Å². The van der Waals surface area contributed by atoms with Crippen LogP contribution in [0.2, 0.25) is 0 Å². The predicted octanol–water partition coefficient (Wildman–Crippen LogP) is 5.09. The van der Waals surface area contributed by atoms with Gasteiger partial charge in [-0.15, -0.1) is 0 Å². The Morgan fingerprint density at radius 1 is 1.00 bits per heavy atom. The predicted molar refractivity (Wildman–Crippen MR) is 64.5 cm³/mol. The Bertz CT molecular complexity index is 140. The molecule has 0 bridgehead atoms. The molecule has 1 aliphatic carbocycles. The lowest BCUT2D eigenvalue weighted by Gasteiger charge is -2.00. The molecule has 0 nitrogen and oxygen atoms in total. The van der Waals surface area contributed by atoms with E-state index in [0.29, 0.717) is 0 Å². The number of unbranched alkanes of at least 4 members (excludes halogenated alkanes) is 5. The quantitative estimate of drug-likeness (QED) is 0.391. The molecule has 0 saturated heterocycles. The first-order valence-electron chi connectivity index (χ1n) is 6.60. The molecule has 0 N–H and O–H groups in total. The van der Waals surface area contributed by atoms with Crippen molar-refractivity contribution in [3.8, 4) is 0 Å². The highest BCUT2D eigenvalue weighted by molar-refractivity contribution is 4.90. The molecule has 0 radical (unpaired) electrons. The van der Waals surface area contributed by atoms with Gasteiger partial charge >= 0.3 is 0 Å². The van der Waals surface area contributed by atoms with Crippen LogP contribution in [-0.4, -0.2) is 0 Å². The molecule has 1 saturated carbocycles. The van der Waals surface area contributed by atoms with Gasteiger partial charge in [-0.05, 0) is 31.6 Å². The van der Waals surface area contributed by atoms with Gasteiger partial charge in [0.2, 0.25) is 0 Å². The molecule has 0 heteroatoms. The molecule has 0 aromatic carbocycles. The first kappa shape index (κ1) is 11.8. The molecule has 1 rings (SSSR count). The van der Waals surface area contributed by atoms with E-state index in [0.717, 1.165) is 5.92 Å². The molecule has 82 valence electrons. The first-order valence-corrected chi connectivity index (χ1v) is 6.60. The molecule has 0 aromatic rings. The van der Waals surface area contributed by atoms with Gasteiger partial charge in [-0.25, -0.2) is 0 Å². The zero-order valence-corrected chi connectivity index (χ0v) is 9.80. The Kier molecular flexibility index (Phi) is 6.82. The molecule has 0 aliphatic heterocycles. The van der Waals surface area contributed by atoms with Crippen LogP contribution in [0.15, 0.2) is 12.2 Å². The van der Waals surface area contributed by atoms with E-state index in [9.17, 15) is 0 Å². The second kappa shape index (κ2) is 8.08. The standard InChI is InChI=1S/C14H26/c1-2-3-4-5-6-7-8-11-14-12-9-10-13-14/h8,11,14H,2-7,9-10,12-13H2,1H3/b11-8+. The molecule has 1 aliphatic rings. The van der Waals surface area contributed by atoms with Crippen molar-refractivity contribution in [3.63, 3.8) is 0 Å². The minimum atomic E-state index is 0.936. The van der Waals surface area contributed by atoms with Gasteiger partial charge in [0.25, 0.3) is 0 Å². The number of rotatable bonds is 7. The Balaban J connectivity index is 1.87. The highest BCUT2D eigenvalue weighted by Gasteiger charge is 2.10. The van der Waals surface area contributed by atoms with Crippen LogP contribution in [-0.2, 0) is 0 Å². The number of allylic oxidation sites excluding steroid dienone is 2. The zero-order valence-electron chi connectivity index (χ0n) is 9.80. The summed E-state index contributed by atoms with van der Waals surface area (Å²) in [6.07, 6.45) is 19.1. The average molecular weight is 194 g/mol. The SMILES string of the molecule is CCCCCCC/C=C/C1CCCC1. The smallest absolute Gasteiger partial charge is 0.0234 e. The Morgan fingerprint density at radius 3 is 2.43 bits per heavy atom. The van der Waals surface area contributed by atoms with Crippen LogP contribution in [0.4, 0.5) is 0 Å².